The van der Waals surface area contributed by atoms with Crippen molar-refractivity contribution < 1.29 is 14.7 Å². The number of hydrogen-bond donors (Lipinski definition) is 1. The first-order valence-corrected chi connectivity index (χ1v) is 7.52. The Kier molecular flexibility index (Phi) is 7.63. The van der Waals surface area contributed by atoms with Crippen LogP contribution in [0.15, 0.2) is 24.3 Å². The molecule has 0 saturated carbocycles. The van der Waals surface area contributed by atoms with Crippen LogP contribution in [0.1, 0.15) is 79.0 Å². The number of rotatable bonds is 10. The van der Waals surface area contributed by atoms with Gasteiger partial charge in [-0.3, -0.25) is 4.79 Å². The van der Waals surface area contributed by atoms with E-state index >= 15 is 0 Å². The fraction of sp³-hybridized carbons (Fsp3) is 0.529. The number of Topliss-reactive ketones (excluding diaryl/α,β-unsaturated/α-hetero) is 1. The van der Waals surface area contributed by atoms with Gasteiger partial charge in [-0.15, -0.1) is 0 Å². The van der Waals surface area contributed by atoms with Crippen molar-refractivity contribution in [2.24, 2.45) is 0 Å². The van der Waals surface area contributed by atoms with Gasteiger partial charge in [0.1, 0.15) is 0 Å². The maximum atomic E-state index is 12.0. The van der Waals surface area contributed by atoms with Gasteiger partial charge in [0.05, 0.1) is 5.56 Å². The lowest BCUT2D eigenvalue weighted by atomic mass is 9.99. The first kappa shape index (κ1) is 16.4. The van der Waals surface area contributed by atoms with E-state index < -0.39 is 5.97 Å². The first-order valence-electron chi connectivity index (χ1n) is 7.52. The van der Waals surface area contributed by atoms with Crippen LogP contribution in [-0.4, -0.2) is 16.9 Å². The molecule has 0 aliphatic carbocycles. The van der Waals surface area contributed by atoms with Crippen LogP contribution >= 0.6 is 0 Å². The Bertz CT molecular complexity index is 438. The number of unbranched alkanes of at least 4 members (excludes halogenated alkanes) is 6. The third kappa shape index (κ3) is 5.55. The molecule has 0 aliphatic heterocycles. The molecule has 0 saturated heterocycles. The van der Waals surface area contributed by atoms with E-state index in [2.05, 4.69) is 6.92 Å². The monoisotopic (exact) mass is 276 g/mol. The lowest BCUT2D eigenvalue weighted by molar-refractivity contribution is 0.0691. The third-order valence-corrected chi connectivity index (χ3v) is 3.47. The summed E-state index contributed by atoms with van der Waals surface area (Å²) < 4.78 is 0. The van der Waals surface area contributed by atoms with Gasteiger partial charge >= 0.3 is 5.97 Å². The maximum absolute atomic E-state index is 12.0. The highest BCUT2D eigenvalue weighted by molar-refractivity contribution is 6.05. The quantitative estimate of drug-likeness (QED) is 0.497. The van der Waals surface area contributed by atoms with Gasteiger partial charge in [-0.25, -0.2) is 4.79 Å². The molecule has 1 aromatic rings. The SMILES string of the molecule is CCCCCCCCCC(=O)c1ccccc1C(=O)O. The van der Waals surface area contributed by atoms with E-state index in [0.717, 1.165) is 19.3 Å². The molecule has 0 amide bonds. The van der Waals surface area contributed by atoms with Crippen molar-refractivity contribution in [2.75, 3.05) is 0 Å². The third-order valence-electron chi connectivity index (χ3n) is 3.47. The zero-order valence-corrected chi connectivity index (χ0v) is 12.2. The molecule has 1 aromatic carbocycles. The number of carboxylic acids is 1. The van der Waals surface area contributed by atoms with E-state index in [4.69, 9.17) is 5.11 Å². The first-order chi connectivity index (χ1) is 9.66. The number of benzene rings is 1. The number of aromatic carboxylic acids is 1. The molecule has 1 rings (SSSR count). The Balaban J connectivity index is 2.35. The van der Waals surface area contributed by atoms with E-state index in [1.54, 1.807) is 18.2 Å². The summed E-state index contributed by atoms with van der Waals surface area (Å²) in [5, 5.41) is 9.05. The molecule has 0 fully saturated rings. The van der Waals surface area contributed by atoms with E-state index in [-0.39, 0.29) is 11.3 Å². The summed E-state index contributed by atoms with van der Waals surface area (Å²) in [5.74, 6) is -1.09. The Hall–Kier alpha value is -1.64. The maximum Gasteiger partial charge on any atom is 0.336 e. The van der Waals surface area contributed by atoms with Crippen molar-refractivity contribution >= 4 is 11.8 Å². The van der Waals surface area contributed by atoms with Gasteiger partial charge in [0, 0.05) is 12.0 Å². The second-order valence-electron chi connectivity index (χ2n) is 5.15. The van der Waals surface area contributed by atoms with Crippen molar-refractivity contribution in [3.8, 4) is 0 Å². The van der Waals surface area contributed by atoms with E-state index in [1.165, 1.54) is 31.7 Å². The van der Waals surface area contributed by atoms with E-state index in [9.17, 15) is 9.59 Å². The van der Waals surface area contributed by atoms with E-state index in [1.807, 2.05) is 0 Å². The Morgan fingerprint density at radius 2 is 1.45 bits per heavy atom. The van der Waals surface area contributed by atoms with Crippen LogP contribution in [0.25, 0.3) is 0 Å². The van der Waals surface area contributed by atoms with Crippen molar-refractivity contribution in [1.29, 1.82) is 0 Å². The standard InChI is InChI=1S/C17H24O3/c1-2-3-4-5-6-7-8-13-16(18)14-11-9-10-12-15(14)17(19)20/h9-12H,2-8,13H2,1H3,(H,19,20). The van der Waals surface area contributed by atoms with Crippen LogP contribution < -0.4 is 0 Å². The van der Waals surface area contributed by atoms with Crippen LogP contribution in [0.2, 0.25) is 0 Å². The predicted octanol–water partition coefficient (Wildman–Crippen LogP) is 4.71. The topological polar surface area (TPSA) is 54.4 Å². The Morgan fingerprint density at radius 3 is 2.05 bits per heavy atom. The van der Waals surface area contributed by atoms with Gasteiger partial charge < -0.3 is 5.11 Å². The van der Waals surface area contributed by atoms with Gasteiger partial charge in [-0.05, 0) is 12.5 Å². The summed E-state index contributed by atoms with van der Waals surface area (Å²) in [6.45, 7) is 2.19. The second-order valence-corrected chi connectivity index (χ2v) is 5.15. The molecular weight excluding hydrogens is 252 g/mol. The van der Waals surface area contributed by atoms with Crippen molar-refractivity contribution in [1.82, 2.24) is 0 Å². The molecule has 0 atom stereocenters. The van der Waals surface area contributed by atoms with Crippen molar-refractivity contribution in [3.63, 3.8) is 0 Å². The molecular formula is C17H24O3. The molecule has 0 heterocycles. The summed E-state index contributed by atoms with van der Waals surface area (Å²) >= 11 is 0. The summed E-state index contributed by atoms with van der Waals surface area (Å²) in [4.78, 5) is 23.1. The molecule has 3 heteroatoms. The van der Waals surface area contributed by atoms with Crippen LogP contribution in [0.4, 0.5) is 0 Å². The zero-order chi connectivity index (χ0) is 14.8. The average molecular weight is 276 g/mol. The number of carbonyl (C=O) groups is 2. The van der Waals surface area contributed by atoms with Gasteiger partial charge in [0.25, 0.3) is 0 Å². The molecule has 20 heavy (non-hydrogen) atoms. The number of carbonyl (C=O) groups excluding carboxylic acids is 1. The average Bonchev–Trinajstić information content (AvgIpc) is 2.46. The van der Waals surface area contributed by atoms with Crippen LogP contribution in [0.5, 0.6) is 0 Å². The Morgan fingerprint density at radius 1 is 0.900 bits per heavy atom. The fourth-order valence-corrected chi connectivity index (χ4v) is 2.29. The summed E-state index contributed by atoms with van der Waals surface area (Å²) in [7, 11) is 0. The lowest BCUT2D eigenvalue weighted by Crippen LogP contribution is -2.08. The molecule has 1 N–H and O–H groups in total. The second kappa shape index (κ2) is 9.29. The van der Waals surface area contributed by atoms with Gasteiger partial charge in [0.15, 0.2) is 5.78 Å². The largest absolute Gasteiger partial charge is 0.478 e. The predicted molar refractivity (Wildman–Crippen MR) is 80.3 cm³/mol. The van der Waals surface area contributed by atoms with Crippen molar-refractivity contribution in [3.05, 3.63) is 35.4 Å². The normalized spacial score (nSPS) is 10.4. The molecule has 0 radical (unpaired) electrons. The van der Waals surface area contributed by atoms with E-state index in [0.29, 0.717) is 12.0 Å². The Labute approximate surface area is 121 Å². The highest BCUT2D eigenvalue weighted by Crippen LogP contribution is 2.14. The van der Waals surface area contributed by atoms with Crippen LogP contribution in [-0.2, 0) is 0 Å². The van der Waals surface area contributed by atoms with Crippen LogP contribution in [0, 0.1) is 0 Å². The van der Waals surface area contributed by atoms with Crippen molar-refractivity contribution in [2.45, 2.75) is 58.3 Å². The molecule has 110 valence electrons. The fourth-order valence-electron chi connectivity index (χ4n) is 2.29. The zero-order valence-electron chi connectivity index (χ0n) is 12.2. The highest BCUT2D eigenvalue weighted by atomic mass is 16.4. The minimum Gasteiger partial charge on any atom is -0.478 e. The number of ketones is 1. The van der Waals surface area contributed by atoms with Gasteiger partial charge in [0.2, 0.25) is 0 Å². The lowest BCUT2D eigenvalue weighted by Gasteiger charge is -2.05. The molecule has 0 spiro atoms. The molecule has 0 aliphatic rings. The van der Waals surface area contributed by atoms with Gasteiger partial charge in [-0.1, -0.05) is 63.6 Å². The molecule has 0 bridgehead atoms. The minimum atomic E-state index is -1.03. The minimum absolute atomic E-state index is 0.0587. The molecule has 0 unspecified atom stereocenters. The summed E-state index contributed by atoms with van der Waals surface area (Å²) in [5.41, 5.74) is 0.450. The van der Waals surface area contributed by atoms with Crippen LogP contribution in [0.3, 0.4) is 0 Å². The van der Waals surface area contributed by atoms with Gasteiger partial charge in [-0.2, -0.15) is 0 Å². The smallest absolute Gasteiger partial charge is 0.336 e. The summed E-state index contributed by atoms with van der Waals surface area (Å²) in [6, 6.07) is 6.45. The number of carboxylic acid groups (broad SMARTS) is 1. The number of hydrogen-bond acceptors (Lipinski definition) is 2. The highest BCUT2D eigenvalue weighted by Gasteiger charge is 2.14. The molecule has 3 nitrogen and oxygen atoms in total. The molecule has 0 aromatic heterocycles. The summed E-state index contributed by atoms with van der Waals surface area (Å²) in [6.07, 6.45) is 8.52.